The van der Waals surface area contributed by atoms with Gasteiger partial charge in [-0.3, -0.25) is 4.90 Å². The number of halogens is 1. The van der Waals surface area contributed by atoms with Gasteiger partial charge in [0.1, 0.15) is 6.61 Å². The van der Waals surface area contributed by atoms with Crippen LogP contribution in [0.2, 0.25) is 0 Å². The van der Waals surface area contributed by atoms with E-state index in [4.69, 9.17) is 9.47 Å². The lowest BCUT2D eigenvalue weighted by molar-refractivity contribution is 0.296. The molecule has 0 amide bonds. The van der Waals surface area contributed by atoms with E-state index in [2.05, 4.69) is 17.1 Å². The molecule has 0 atom stereocenters. The number of hydrogen-bond donors (Lipinski definition) is 0. The van der Waals surface area contributed by atoms with Gasteiger partial charge in [-0.05, 0) is 45.0 Å². The van der Waals surface area contributed by atoms with Crippen molar-refractivity contribution in [3.8, 4) is 11.5 Å². The number of rotatable bonds is 7. The Morgan fingerprint density at radius 2 is 1.70 bits per heavy atom. The zero-order valence-corrected chi connectivity index (χ0v) is 12.9. The van der Waals surface area contributed by atoms with Crippen molar-refractivity contribution in [1.82, 2.24) is 4.90 Å². The molecule has 0 aliphatic carbocycles. The van der Waals surface area contributed by atoms with E-state index < -0.39 is 0 Å². The summed E-state index contributed by atoms with van der Waals surface area (Å²) in [6.45, 7) is 6.74. The summed E-state index contributed by atoms with van der Waals surface area (Å²) in [6, 6.07) is 7.80. The molecule has 1 aliphatic rings. The minimum atomic E-state index is 0. The van der Waals surface area contributed by atoms with Crippen LogP contribution in [0.1, 0.15) is 19.8 Å². The van der Waals surface area contributed by atoms with Crippen molar-refractivity contribution in [2.24, 2.45) is 0 Å². The highest BCUT2D eigenvalue weighted by atomic mass is 35.5. The van der Waals surface area contributed by atoms with Crippen molar-refractivity contribution < 1.29 is 9.47 Å². The summed E-state index contributed by atoms with van der Waals surface area (Å²) in [7, 11) is 0. The average Bonchev–Trinajstić information content (AvgIpc) is 2.94. The van der Waals surface area contributed by atoms with Crippen molar-refractivity contribution in [1.29, 1.82) is 0 Å². The summed E-state index contributed by atoms with van der Waals surface area (Å²) >= 11 is 0. The van der Waals surface area contributed by atoms with Gasteiger partial charge in [0.2, 0.25) is 0 Å². The van der Waals surface area contributed by atoms with E-state index in [0.29, 0.717) is 13.2 Å². The first-order valence-corrected chi connectivity index (χ1v) is 7.12. The molecule has 0 spiro atoms. The molecule has 1 aromatic rings. The van der Waals surface area contributed by atoms with Crippen molar-refractivity contribution in [3.05, 3.63) is 36.4 Å². The monoisotopic (exact) mass is 297 g/mol. The molecule has 1 saturated heterocycles. The number of likely N-dealkylation sites (tertiary alicyclic amines) is 1. The summed E-state index contributed by atoms with van der Waals surface area (Å²) in [5.74, 6) is 1.63. The molecular weight excluding hydrogens is 274 g/mol. The van der Waals surface area contributed by atoms with Crippen molar-refractivity contribution in [3.63, 3.8) is 0 Å². The minimum absolute atomic E-state index is 0. The Balaban J connectivity index is 0.00000200. The Bertz CT molecular complexity index is 403. The van der Waals surface area contributed by atoms with E-state index in [1.54, 1.807) is 0 Å². The van der Waals surface area contributed by atoms with Gasteiger partial charge in [-0.2, -0.15) is 0 Å². The Kier molecular flexibility index (Phi) is 8.16. The highest BCUT2D eigenvalue weighted by Gasteiger charge is 2.08. The van der Waals surface area contributed by atoms with Crippen LogP contribution >= 0.6 is 12.4 Å². The summed E-state index contributed by atoms with van der Waals surface area (Å²) in [4.78, 5) is 2.46. The van der Waals surface area contributed by atoms with E-state index in [1.165, 1.54) is 25.9 Å². The fourth-order valence-electron chi connectivity index (χ4n) is 2.24. The van der Waals surface area contributed by atoms with Gasteiger partial charge < -0.3 is 9.47 Å². The fraction of sp³-hybridized carbons (Fsp3) is 0.500. The predicted molar refractivity (Wildman–Crippen MR) is 85.2 cm³/mol. The van der Waals surface area contributed by atoms with Crippen LogP contribution in [0.5, 0.6) is 11.5 Å². The second-order valence-electron chi connectivity index (χ2n) is 4.67. The number of nitrogens with zero attached hydrogens (tertiary/aromatic N) is 1. The first-order chi connectivity index (χ1) is 9.40. The Hall–Kier alpha value is -1.19. The highest BCUT2D eigenvalue weighted by Crippen LogP contribution is 2.26. The quantitative estimate of drug-likeness (QED) is 0.719. The minimum Gasteiger partial charge on any atom is -0.490 e. The zero-order valence-electron chi connectivity index (χ0n) is 12.1. The molecule has 3 nitrogen and oxygen atoms in total. The third-order valence-corrected chi connectivity index (χ3v) is 3.21. The molecule has 112 valence electrons. The largest absolute Gasteiger partial charge is 0.490 e. The van der Waals surface area contributed by atoms with Crippen molar-refractivity contribution in [2.45, 2.75) is 19.8 Å². The standard InChI is InChI=1S/C16H23NO2.ClH/c1-2-18-15-9-3-4-10-16(15)19-14-8-7-13-17-11-5-6-12-17;/h3-4,7-10H,2,5-6,11-14H2,1H3;1H/b8-7+;. The lowest BCUT2D eigenvalue weighted by Crippen LogP contribution is -2.18. The van der Waals surface area contributed by atoms with Crippen LogP contribution in [-0.2, 0) is 0 Å². The molecular formula is C16H24ClNO2. The number of hydrogen-bond acceptors (Lipinski definition) is 3. The van der Waals surface area contributed by atoms with E-state index in [1.807, 2.05) is 31.2 Å². The molecule has 1 fully saturated rings. The van der Waals surface area contributed by atoms with Gasteiger partial charge >= 0.3 is 0 Å². The van der Waals surface area contributed by atoms with E-state index in [9.17, 15) is 0 Å². The van der Waals surface area contributed by atoms with E-state index >= 15 is 0 Å². The van der Waals surface area contributed by atoms with Gasteiger partial charge in [0.15, 0.2) is 11.5 Å². The third-order valence-electron chi connectivity index (χ3n) is 3.21. The van der Waals surface area contributed by atoms with Crippen molar-refractivity contribution in [2.75, 3.05) is 32.8 Å². The SMILES string of the molecule is CCOc1ccccc1OC/C=C/CN1CCCC1.Cl. The molecule has 4 heteroatoms. The van der Waals surface area contributed by atoms with Crippen LogP contribution in [0.15, 0.2) is 36.4 Å². The van der Waals surface area contributed by atoms with E-state index in [0.717, 1.165) is 18.0 Å². The van der Waals surface area contributed by atoms with Gasteiger partial charge in [0, 0.05) is 6.54 Å². The summed E-state index contributed by atoms with van der Waals surface area (Å²) < 4.78 is 11.2. The molecule has 1 heterocycles. The molecule has 20 heavy (non-hydrogen) atoms. The van der Waals surface area contributed by atoms with Crippen LogP contribution in [0, 0.1) is 0 Å². The number of ether oxygens (including phenoxy) is 2. The van der Waals surface area contributed by atoms with Crippen LogP contribution in [0.25, 0.3) is 0 Å². The maximum Gasteiger partial charge on any atom is 0.161 e. The molecule has 1 aliphatic heterocycles. The predicted octanol–water partition coefficient (Wildman–Crippen LogP) is 3.54. The normalized spacial score (nSPS) is 15.2. The van der Waals surface area contributed by atoms with Gasteiger partial charge in [0.05, 0.1) is 6.61 Å². The van der Waals surface area contributed by atoms with Gasteiger partial charge in [-0.15, -0.1) is 12.4 Å². The molecule has 0 bridgehead atoms. The van der Waals surface area contributed by atoms with E-state index in [-0.39, 0.29) is 12.4 Å². The van der Waals surface area contributed by atoms with Crippen LogP contribution < -0.4 is 9.47 Å². The number of para-hydroxylation sites is 2. The smallest absolute Gasteiger partial charge is 0.161 e. The van der Waals surface area contributed by atoms with Gasteiger partial charge in [-0.1, -0.05) is 24.3 Å². The van der Waals surface area contributed by atoms with Crippen LogP contribution in [0.3, 0.4) is 0 Å². The molecule has 1 aromatic carbocycles. The average molecular weight is 298 g/mol. The number of benzene rings is 1. The molecule has 0 saturated carbocycles. The zero-order chi connectivity index (χ0) is 13.3. The molecule has 0 aromatic heterocycles. The maximum absolute atomic E-state index is 5.72. The summed E-state index contributed by atoms with van der Waals surface area (Å²) in [6.07, 6.45) is 6.95. The summed E-state index contributed by atoms with van der Waals surface area (Å²) in [5, 5.41) is 0. The molecule has 0 radical (unpaired) electrons. The van der Waals surface area contributed by atoms with Crippen LogP contribution in [-0.4, -0.2) is 37.7 Å². The first-order valence-electron chi connectivity index (χ1n) is 7.12. The first kappa shape index (κ1) is 16.9. The maximum atomic E-state index is 5.72. The van der Waals surface area contributed by atoms with Gasteiger partial charge in [0.25, 0.3) is 0 Å². The Labute approximate surface area is 128 Å². The molecule has 2 rings (SSSR count). The fourth-order valence-corrected chi connectivity index (χ4v) is 2.24. The lowest BCUT2D eigenvalue weighted by atomic mass is 10.3. The molecule has 0 unspecified atom stereocenters. The third kappa shape index (κ3) is 5.43. The second kappa shape index (κ2) is 9.67. The molecule has 0 N–H and O–H groups in total. The lowest BCUT2D eigenvalue weighted by Gasteiger charge is -2.11. The van der Waals surface area contributed by atoms with Gasteiger partial charge in [-0.25, -0.2) is 0 Å². The Morgan fingerprint density at radius 3 is 2.35 bits per heavy atom. The van der Waals surface area contributed by atoms with Crippen LogP contribution in [0.4, 0.5) is 0 Å². The Morgan fingerprint density at radius 1 is 1.05 bits per heavy atom. The summed E-state index contributed by atoms with van der Waals surface area (Å²) in [5.41, 5.74) is 0. The highest BCUT2D eigenvalue weighted by molar-refractivity contribution is 5.85. The second-order valence-corrected chi connectivity index (χ2v) is 4.67. The topological polar surface area (TPSA) is 21.7 Å². The van der Waals surface area contributed by atoms with Crippen molar-refractivity contribution >= 4 is 12.4 Å².